The molecule has 0 saturated heterocycles. The Bertz CT molecular complexity index is 708. The van der Waals surface area contributed by atoms with Crippen LogP contribution in [0.2, 0.25) is 4.34 Å². The van der Waals surface area contributed by atoms with E-state index in [-0.39, 0.29) is 24.0 Å². The van der Waals surface area contributed by atoms with Crippen LogP contribution in [0.1, 0.15) is 31.0 Å². The Balaban J connectivity index is 0.00000392. The average molecular weight is 541 g/mol. The van der Waals surface area contributed by atoms with Gasteiger partial charge in [-0.05, 0) is 25.5 Å². The Morgan fingerprint density at radius 2 is 2.21 bits per heavy atom. The molecule has 0 bridgehead atoms. The third kappa shape index (κ3) is 8.62. The topological polar surface area (TPSA) is 67.6 Å². The highest BCUT2D eigenvalue weighted by Crippen LogP contribution is 2.22. The van der Waals surface area contributed by atoms with Gasteiger partial charge >= 0.3 is 0 Å². The molecule has 158 valence electrons. The summed E-state index contributed by atoms with van der Waals surface area (Å²) in [4.78, 5) is 8.07. The average Bonchev–Trinajstić information content (AvgIpc) is 3.28. The van der Waals surface area contributed by atoms with Crippen molar-refractivity contribution in [1.82, 2.24) is 25.0 Å². The zero-order valence-electron chi connectivity index (χ0n) is 16.7. The second kappa shape index (κ2) is 14.1. The monoisotopic (exact) mass is 540 g/mol. The Morgan fingerprint density at radius 3 is 2.89 bits per heavy atom. The number of halogens is 2. The molecule has 0 saturated carbocycles. The summed E-state index contributed by atoms with van der Waals surface area (Å²) < 4.78 is 8.27. The van der Waals surface area contributed by atoms with Crippen LogP contribution in [0.25, 0.3) is 0 Å². The molecule has 0 atom stereocenters. The number of ether oxygens (including phenoxy) is 1. The molecule has 0 radical (unpaired) electrons. The number of nitrogens with one attached hydrogen (secondary N) is 1. The standard InChI is InChI=1S/C18H29ClN6OS.HI/c1-4-17-23-22-14-25(17)11-10-21-18(20-9-6-12-26-5-2)24(3)13-15-7-8-16(19)27-15;/h7-8,14H,4-6,9-13H2,1-3H3,(H,20,21);1H. The quantitative estimate of drug-likeness (QED) is 0.204. The summed E-state index contributed by atoms with van der Waals surface area (Å²) >= 11 is 7.65. The predicted molar refractivity (Wildman–Crippen MR) is 127 cm³/mol. The lowest BCUT2D eigenvalue weighted by molar-refractivity contribution is 0.146. The number of aryl methyl sites for hydroxylation is 1. The fourth-order valence-corrected chi connectivity index (χ4v) is 3.72. The van der Waals surface area contributed by atoms with Gasteiger partial charge in [0.15, 0.2) is 5.96 Å². The van der Waals surface area contributed by atoms with Crippen LogP contribution < -0.4 is 5.32 Å². The van der Waals surface area contributed by atoms with Gasteiger partial charge < -0.3 is 19.5 Å². The maximum Gasteiger partial charge on any atom is 0.194 e. The van der Waals surface area contributed by atoms with Gasteiger partial charge in [0, 0.05) is 51.2 Å². The summed E-state index contributed by atoms with van der Waals surface area (Å²) in [6.07, 6.45) is 3.55. The summed E-state index contributed by atoms with van der Waals surface area (Å²) in [5.41, 5.74) is 0. The highest BCUT2D eigenvalue weighted by atomic mass is 127. The van der Waals surface area contributed by atoms with E-state index in [1.165, 1.54) is 4.88 Å². The van der Waals surface area contributed by atoms with E-state index in [4.69, 9.17) is 21.3 Å². The van der Waals surface area contributed by atoms with Gasteiger partial charge in [-0.15, -0.1) is 45.5 Å². The minimum Gasteiger partial charge on any atom is -0.382 e. The van der Waals surface area contributed by atoms with Gasteiger partial charge in [0.2, 0.25) is 0 Å². The summed E-state index contributed by atoms with van der Waals surface area (Å²) in [5.74, 6) is 1.87. The van der Waals surface area contributed by atoms with Crippen molar-refractivity contribution in [1.29, 1.82) is 0 Å². The maximum atomic E-state index is 6.05. The van der Waals surface area contributed by atoms with E-state index < -0.39 is 0 Å². The number of hydrogen-bond donors (Lipinski definition) is 1. The molecule has 2 heterocycles. The zero-order chi connectivity index (χ0) is 19.5. The highest BCUT2D eigenvalue weighted by Gasteiger charge is 2.09. The molecule has 7 nitrogen and oxygen atoms in total. The Labute approximate surface area is 193 Å². The Morgan fingerprint density at radius 1 is 1.39 bits per heavy atom. The van der Waals surface area contributed by atoms with Gasteiger partial charge in [-0.25, -0.2) is 0 Å². The lowest BCUT2D eigenvalue weighted by atomic mass is 10.4. The molecule has 2 aromatic rings. The third-order valence-corrected chi connectivity index (χ3v) is 5.16. The molecule has 0 aliphatic rings. The minimum atomic E-state index is 0. The molecule has 0 fully saturated rings. The predicted octanol–water partition coefficient (Wildman–Crippen LogP) is 3.68. The van der Waals surface area contributed by atoms with Crippen LogP contribution in [-0.4, -0.2) is 59.0 Å². The number of hydrogen-bond acceptors (Lipinski definition) is 5. The van der Waals surface area contributed by atoms with Crippen molar-refractivity contribution in [2.75, 3.05) is 33.4 Å². The van der Waals surface area contributed by atoms with Crippen LogP contribution >= 0.6 is 46.9 Å². The first-order valence-electron chi connectivity index (χ1n) is 9.32. The van der Waals surface area contributed by atoms with Gasteiger partial charge in [0.05, 0.1) is 10.9 Å². The van der Waals surface area contributed by atoms with Gasteiger partial charge in [-0.3, -0.25) is 4.99 Å². The number of guanidine groups is 1. The van der Waals surface area contributed by atoms with Crippen LogP contribution in [0.5, 0.6) is 0 Å². The van der Waals surface area contributed by atoms with E-state index in [0.29, 0.717) is 0 Å². The molecule has 0 aliphatic heterocycles. The van der Waals surface area contributed by atoms with Crippen molar-refractivity contribution in [2.24, 2.45) is 4.99 Å². The van der Waals surface area contributed by atoms with Crippen molar-refractivity contribution < 1.29 is 4.74 Å². The molecule has 0 unspecified atom stereocenters. The summed E-state index contributed by atoms with van der Waals surface area (Å²) in [6.45, 7) is 8.61. The second-order valence-corrected chi connectivity index (χ2v) is 7.84. The second-order valence-electron chi connectivity index (χ2n) is 6.04. The first kappa shape index (κ1) is 25.1. The molecular formula is C18H30ClIN6OS. The Kier molecular flexibility index (Phi) is 12.7. The van der Waals surface area contributed by atoms with E-state index in [9.17, 15) is 0 Å². The molecular weight excluding hydrogens is 511 g/mol. The first-order chi connectivity index (χ1) is 13.1. The van der Waals surface area contributed by atoms with E-state index in [0.717, 1.165) is 68.4 Å². The highest BCUT2D eigenvalue weighted by molar-refractivity contribution is 14.0. The van der Waals surface area contributed by atoms with Crippen molar-refractivity contribution in [3.8, 4) is 0 Å². The van der Waals surface area contributed by atoms with E-state index in [1.807, 2.05) is 20.0 Å². The summed E-state index contributed by atoms with van der Waals surface area (Å²) in [7, 11) is 2.04. The van der Waals surface area contributed by atoms with Crippen molar-refractivity contribution in [3.05, 3.63) is 33.5 Å². The largest absolute Gasteiger partial charge is 0.382 e. The minimum absolute atomic E-state index is 0. The molecule has 10 heteroatoms. The fourth-order valence-electron chi connectivity index (χ4n) is 2.58. The van der Waals surface area contributed by atoms with Crippen LogP contribution in [-0.2, 0) is 24.2 Å². The SMILES string of the molecule is CCOCCCN=C(NCCn1cnnc1CC)N(C)Cc1ccc(Cl)s1.I. The van der Waals surface area contributed by atoms with Gasteiger partial charge in [-0.1, -0.05) is 18.5 Å². The van der Waals surface area contributed by atoms with E-state index >= 15 is 0 Å². The fraction of sp³-hybridized carbons (Fsp3) is 0.611. The smallest absolute Gasteiger partial charge is 0.194 e. The van der Waals surface area contributed by atoms with Crippen molar-refractivity contribution in [2.45, 2.75) is 39.8 Å². The summed E-state index contributed by atoms with van der Waals surface area (Å²) in [6, 6.07) is 3.99. The normalized spacial score (nSPS) is 11.4. The van der Waals surface area contributed by atoms with Crippen molar-refractivity contribution in [3.63, 3.8) is 0 Å². The molecule has 2 rings (SSSR count). The van der Waals surface area contributed by atoms with Crippen LogP contribution in [0.15, 0.2) is 23.5 Å². The number of nitrogens with zero attached hydrogens (tertiary/aromatic N) is 5. The first-order valence-corrected chi connectivity index (χ1v) is 10.5. The molecule has 0 aromatic carbocycles. The van der Waals surface area contributed by atoms with E-state index in [2.05, 4.69) is 38.0 Å². The number of aliphatic imine (C=N–C) groups is 1. The molecule has 28 heavy (non-hydrogen) atoms. The summed E-state index contributed by atoms with van der Waals surface area (Å²) in [5, 5.41) is 11.6. The zero-order valence-corrected chi connectivity index (χ0v) is 20.6. The van der Waals surface area contributed by atoms with Crippen LogP contribution in [0.4, 0.5) is 0 Å². The molecule has 0 aliphatic carbocycles. The number of rotatable bonds is 11. The van der Waals surface area contributed by atoms with Gasteiger partial charge in [-0.2, -0.15) is 0 Å². The molecule has 1 N–H and O–H groups in total. The maximum absolute atomic E-state index is 6.05. The van der Waals surface area contributed by atoms with Crippen LogP contribution in [0, 0.1) is 0 Å². The third-order valence-electron chi connectivity index (χ3n) is 3.94. The Hall–Kier alpha value is -0.910. The van der Waals surface area contributed by atoms with Crippen molar-refractivity contribution >= 4 is 52.9 Å². The number of aromatic nitrogens is 3. The molecule has 2 aromatic heterocycles. The van der Waals surface area contributed by atoms with Gasteiger partial charge in [0.1, 0.15) is 12.2 Å². The lowest BCUT2D eigenvalue weighted by Crippen LogP contribution is -2.40. The van der Waals surface area contributed by atoms with E-state index in [1.54, 1.807) is 17.7 Å². The molecule has 0 spiro atoms. The lowest BCUT2D eigenvalue weighted by Gasteiger charge is -2.22. The van der Waals surface area contributed by atoms with Crippen LogP contribution in [0.3, 0.4) is 0 Å². The number of thiophene rings is 1. The van der Waals surface area contributed by atoms with Gasteiger partial charge in [0.25, 0.3) is 0 Å². The molecule has 0 amide bonds.